The Morgan fingerprint density at radius 2 is 2.33 bits per heavy atom. The van der Waals surface area contributed by atoms with Crippen molar-refractivity contribution < 1.29 is 9.53 Å². The summed E-state index contributed by atoms with van der Waals surface area (Å²) in [6.45, 7) is 5.08. The number of rotatable bonds is 3. The molecule has 2 heterocycles. The van der Waals surface area contributed by atoms with Crippen molar-refractivity contribution in [3.63, 3.8) is 0 Å². The van der Waals surface area contributed by atoms with Crippen molar-refractivity contribution in [1.29, 1.82) is 0 Å². The highest BCUT2D eigenvalue weighted by Crippen LogP contribution is 2.08. The number of ether oxygens (including phenoxy) is 1. The highest BCUT2D eigenvalue weighted by Gasteiger charge is 2.19. The molecule has 1 aromatic rings. The number of carbonyl (C=O) groups excluding carboxylic acids is 1. The molecule has 1 aromatic heterocycles. The molecule has 0 saturated carbocycles. The number of likely N-dealkylation sites (N-methyl/N-ethyl adjacent to an activating group) is 1. The minimum Gasteiger partial charge on any atom is -0.374 e. The van der Waals surface area contributed by atoms with E-state index in [2.05, 4.69) is 17.3 Å². The lowest BCUT2D eigenvalue weighted by Gasteiger charge is -2.30. The standard InChI is InChI=1S/C13H21N3O2/c1-10-12(4-5-16(10)3)13(17)14-8-11-9-15(2)6-7-18-11/h4-5,11H,6-9H2,1-3H3,(H,14,17)/t11-/m1/s1. The predicted molar refractivity (Wildman–Crippen MR) is 69.7 cm³/mol. The SMILES string of the molecule is Cc1c(C(=O)NC[C@@H]2CN(C)CCO2)ccn1C. The van der Waals surface area contributed by atoms with Crippen LogP contribution in [0.5, 0.6) is 0 Å². The first-order valence-corrected chi connectivity index (χ1v) is 6.28. The van der Waals surface area contributed by atoms with Crippen LogP contribution >= 0.6 is 0 Å². The normalized spacial score (nSPS) is 20.9. The third-order valence-electron chi connectivity index (χ3n) is 3.46. The van der Waals surface area contributed by atoms with Gasteiger partial charge in [0.05, 0.1) is 18.3 Å². The first-order chi connectivity index (χ1) is 8.58. The molecule has 1 atom stereocenters. The van der Waals surface area contributed by atoms with E-state index in [9.17, 15) is 4.79 Å². The second-order valence-electron chi connectivity index (χ2n) is 4.89. The van der Waals surface area contributed by atoms with Crippen molar-refractivity contribution in [1.82, 2.24) is 14.8 Å². The molecule has 1 aliphatic rings. The molecule has 1 saturated heterocycles. The van der Waals surface area contributed by atoms with Gasteiger partial charge in [-0.2, -0.15) is 0 Å². The topological polar surface area (TPSA) is 46.5 Å². The number of amides is 1. The van der Waals surface area contributed by atoms with Crippen molar-refractivity contribution >= 4 is 5.91 Å². The van der Waals surface area contributed by atoms with E-state index in [1.54, 1.807) is 0 Å². The fourth-order valence-electron chi connectivity index (χ4n) is 2.14. The number of nitrogens with zero attached hydrogens (tertiary/aromatic N) is 2. The van der Waals surface area contributed by atoms with Crippen LogP contribution in [-0.4, -0.2) is 54.8 Å². The Labute approximate surface area is 108 Å². The Hall–Kier alpha value is -1.33. The maximum atomic E-state index is 12.0. The predicted octanol–water partition coefficient (Wildman–Crippen LogP) is 0.394. The molecule has 100 valence electrons. The van der Waals surface area contributed by atoms with Crippen LogP contribution in [0.25, 0.3) is 0 Å². The molecule has 1 fully saturated rings. The van der Waals surface area contributed by atoms with E-state index in [-0.39, 0.29) is 12.0 Å². The first-order valence-electron chi connectivity index (χ1n) is 6.28. The van der Waals surface area contributed by atoms with Crippen LogP contribution in [0.2, 0.25) is 0 Å². The lowest BCUT2D eigenvalue weighted by Crippen LogP contribution is -2.45. The quantitative estimate of drug-likeness (QED) is 0.845. The fourth-order valence-corrected chi connectivity index (χ4v) is 2.14. The zero-order chi connectivity index (χ0) is 13.1. The highest BCUT2D eigenvalue weighted by molar-refractivity contribution is 5.95. The van der Waals surface area contributed by atoms with Crippen LogP contribution < -0.4 is 5.32 Å². The van der Waals surface area contributed by atoms with Crippen molar-refractivity contribution in [2.24, 2.45) is 7.05 Å². The van der Waals surface area contributed by atoms with E-state index in [0.29, 0.717) is 6.54 Å². The summed E-state index contributed by atoms with van der Waals surface area (Å²) in [5.74, 6) is -0.0232. The van der Waals surface area contributed by atoms with Crippen LogP contribution in [0, 0.1) is 6.92 Å². The highest BCUT2D eigenvalue weighted by atomic mass is 16.5. The number of nitrogens with one attached hydrogen (secondary N) is 1. The average Bonchev–Trinajstić information content (AvgIpc) is 2.67. The summed E-state index contributed by atoms with van der Waals surface area (Å²) in [7, 11) is 4.00. The molecule has 0 aliphatic carbocycles. The summed E-state index contributed by atoms with van der Waals surface area (Å²) >= 11 is 0. The molecule has 0 bridgehead atoms. The van der Waals surface area contributed by atoms with Crippen LogP contribution in [0.1, 0.15) is 16.1 Å². The first kappa shape index (κ1) is 13.1. The van der Waals surface area contributed by atoms with Crippen LogP contribution in [0.4, 0.5) is 0 Å². The molecule has 1 amide bonds. The lowest BCUT2D eigenvalue weighted by atomic mass is 10.2. The number of carbonyl (C=O) groups is 1. The van der Waals surface area contributed by atoms with Crippen molar-refractivity contribution in [3.05, 3.63) is 23.5 Å². The molecule has 0 aromatic carbocycles. The number of aryl methyl sites for hydroxylation is 1. The van der Waals surface area contributed by atoms with Gasteiger partial charge in [-0.25, -0.2) is 0 Å². The van der Waals surface area contributed by atoms with Crippen LogP contribution in [-0.2, 0) is 11.8 Å². The second kappa shape index (κ2) is 5.54. The molecule has 0 spiro atoms. The van der Waals surface area contributed by atoms with E-state index >= 15 is 0 Å². The number of aromatic nitrogens is 1. The molecule has 5 nitrogen and oxygen atoms in total. The molecule has 0 radical (unpaired) electrons. The van der Waals surface area contributed by atoms with E-state index in [0.717, 1.165) is 31.0 Å². The summed E-state index contributed by atoms with van der Waals surface area (Å²) < 4.78 is 7.55. The summed E-state index contributed by atoms with van der Waals surface area (Å²) in [5.41, 5.74) is 1.72. The monoisotopic (exact) mass is 251 g/mol. The molecular weight excluding hydrogens is 230 g/mol. The van der Waals surface area contributed by atoms with Crippen molar-refractivity contribution in [2.75, 3.05) is 33.3 Å². The van der Waals surface area contributed by atoms with Crippen LogP contribution in [0.15, 0.2) is 12.3 Å². The van der Waals surface area contributed by atoms with E-state index in [4.69, 9.17) is 4.74 Å². The molecule has 18 heavy (non-hydrogen) atoms. The van der Waals surface area contributed by atoms with E-state index in [1.165, 1.54) is 0 Å². The smallest absolute Gasteiger partial charge is 0.253 e. The second-order valence-corrected chi connectivity index (χ2v) is 4.89. The van der Waals surface area contributed by atoms with Gasteiger partial charge in [-0.3, -0.25) is 4.79 Å². The molecule has 1 N–H and O–H groups in total. The van der Waals surface area contributed by atoms with Gasteiger partial charge in [0, 0.05) is 38.6 Å². The van der Waals surface area contributed by atoms with Gasteiger partial charge >= 0.3 is 0 Å². The molecule has 5 heteroatoms. The Morgan fingerprint density at radius 1 is 1.56 bits per heavy atom. The van der Waals surface area contributed by atoms with Gasteiger partial charge in [-0.1, -0.05) is 0 Å². The average molecular weight is 251 g/mol. The van der Waals surface area contributed by atoms with Gasteiger partial charge in [0.15, 0.2) is 0 Å². The summed E-state index contributed by atoms with van der Waals surface area (Å²) in [6, 6.07) is 1.85. The third kappa shape index (κ3) is 2.91. The maximum absolute atomic E-state index is 12.0. The molecule has 2 rings (SSSR count). The Morgan fingerprint density at radius 3 is 2.94 bits per heavy atom. The number of hydrogen-bond donors (Lipinski definition) is 1. The van der Waals surface area contributed by atoms with Gasteiger partial charge in [-0.15, -0.1) is 0 Å². The Balaban J connectivity index is 1.86. The minimum atomic E-state index is -0.0232. The zero-order valence-corrected chi connectivity index (χ0v) is 11.3. The largest absolute Gasteiger partial charge is 0.374 e. The lowest BCUT2D eigenvalue weighted by molar-refractivity contribution is -0.0175. The summed E-state index contributed by atoms with van der Waals surface area (Å²) in [5, 5.41) is 2.94. The van der Waals surface area contributed by atoms with Gasteiger partial charge < -0.3 is 19.5 Å². The summed E-state index contributed by atoms with van der Waals surface area (Å²) in [6.07, 6.45) is 1.99. The van der Waals surface area contributed by atoms with Gasteiger partial charge in [0.2, 0.25) is 0 Å². The van der Waals surface area contributed by atoms with Crippen LogP contribution in [0.3, 0.4) is 0 Å². The van der Waals surface area contributed by atoms with Gasteiger partial charge in [0.1, 0.15) is 0 Å². The minimum absolute atomic E-state index is 0.0232. The van der Waals surface area contributed by atoms with Crippen molar-refractivity contribution in [3.8, 4) is 0 Å². The molecule has 0 unspecified atom stereocenters. The molecular formula is C13H21N3O2. The van der Waals surface area contributed by atoms with Crippen molar-refractivity contribution in [2.45, 2.75) is 13.0 Å². The maximum Gasteiger partial charge on any atom is 0.253 e. The third-order valence-corrected chi connectivity index (χ3v) is 3.46. The molecule has 1 aliphatic heterocycles. The van der Waals surface area contributed by atoms with E-state index < -0.39 is 0 Å². The summed E-state index contributed by atoms with van der Waals surface area (Å²) in [4.78, 5) is 14.2. The van der Waals surface area contributed by atoms with Gasteiger partial charge in [-0.05, 0) is 20.0 Å². The number of hydrogen-bond acceptors (Lipinski definition) is 3. The Kier molecular flexibility index (Phi) is 4.04. The van der Waals surface area contributed by atoms with Gasteiger partial charge in [0.25, 0.3) is 5.91 Å². The Bertz CT molecular complexity index is 428. The zero-order valence-electron chi connectivity index (χ0n) is 11.3. The fraction of sp³-hybridized carbons (Fsp3) is 0.615. The number of morpholine rings is 1. The van der Waals surface area contributed by atoms with E-state index in [1.807, 2.05) is 30.8 Å².